The van der Waals surface area contributed by atoms with Gasteiger partial charge >= 0.3 is 0 Å². The van der Waals surface area contributed by atoms with Crippen molar-refractivity contribution in [2.45, 2.75) is 19.4 Å². The number of hydrogen-bond donors (Lipinski definition) is 2. The normalized spacial score (nSPS) is 17.6. The Morgan fingerprint density at radius 1 is 1.09 bits per heavy atom. The van der Waals surface area contributed by atoms with Crippen LogP contribution in [0.15, 0.2) is 60.7 Å². The molecule has 2 atom stereocenters. The van der Waals surface area contributed by atoms with Crippen LogP contribution in [0.5, 0.6) is 0 Å². The molecule has 0 amide bonds. The van der Waals surface area contributed by atoms with Crippen LogP contribution in [0.2, 0.25) is 0 Å². The molecule has 0 spiro atoms. The fourth-order valence-electron chi connectivity index (χ4n) is 4.41. The van der Waals surface area contributed by atoms with Gasteiger partial charge in [0.1, 0.15) is 11.5 Å². The molecule has 0 aliphatic carbocycles. The molecule has 1 fully saturated rings. The van der Waals surface area contributed by atoms with E-state index in [9.17, 15) is 8.78 Å². The van der Waals surface area contributed by atoms with Gasteiger partial charge in [0.2, 0.25) is 0 Å². The first kappa shape index (κ1) is 24.2. The number of anilines is 4. The van der Waals surface area contributed by atoms with Crippen LogP contribution in [0.25, 0.3) is 0 Å². The smallest absolute Gasteiger partial charge is 0.156 e. The summed E-state index contributed by atoms with van der Waals surface area (Å²) in [6.45, 7) is 4.12. The number of nitrogen functional groups attached to an aromatic ring is 1. The van der Waals surface area contributed by atoms with Gasteiger partial charge in [-0.1, -0.05) is 36.2 Å². The average Bonchev–Trinajstić information content (AvgIpc) is 2.83. The molecule has 8 heteroatoms. The van der Waals surface area contributed by atoms with Crippen LogP contribution in [-0.2, 0) is 6.42 Å². The number of hydrazine groups is 1. The highest BCUT2D eigenvalue weighted by molar-refractivity contribution is 8.11. The lowest BCUT2D eigenvalue weighted by molar-refractivity contribution is 0.359. The largest absolute Gasteiger partial charge is 0.397 e. The predicted octanol–water partition coefficient (Wildman–Crippen LogP) is 4.85. The maximum absolute atomic E-state index is 14.7. The molecule has 1 aliphatic rings. The van der Waals surface area contributed by atoms with Gasteiger partial charge in [0.15, 0.2) is 5.82 Å². The number of hydrogen-bond acceptors (Lipinski definition) is 5. The Balaban J connectivity index is 1.59. The first-order valence-electron chi connectivity index (χ1n) is 11.2. The third-order valence-corrected chi connectivity index (χ3v) is 7.57. The van der Waals surface area contributed by atoms with Gasteiger partial charge in [-0.05, 0) is 55.5 Å². The van der Waals surface area contributed by atoms with E-state index in [-0.39, 0.29) is 27.6 Å². The fourth-order valence-corrected chi connectivity index (χ4v) is 5.23. The van der Waals surface area contributed by atoms with Crippen LogP contribution < -0.4 is 21.5 Å². The van der Waals surface area contributed by atoms with Gasteiger partial charge in [-0.2, -0.15) is 0 Å². The molecule has 4 N–H and O–H groups in total. The third kappa shape index (κ3) is 4.94. The first-order chi connectivity index (χ1) is 16.3. The summed E-state index contributed by atoms with van der Waals surface area (Å²) >= 11 is 0. The van der Waals surface area contributed by atoms with Crippen molar-refractivity contribution in [1.82, 2.24) is 4.31 Å². The van der Waals surface area contributed by atoms with Gasteiger partial charge < -0.3 is 10.6 Å². The maximum Gasteiger partial charge on any atom is 0.156 e. The zero-order valence-corrected chi connectivity index (χ0v) is 20.4. The summed E-state index contributed by atoms with van der Waals surface area (Å²) in [5.74, 6) is 9.00. The lowest BCUT2D eigenvalue weighted by Crippen LogP contribution is -2.52. The topological polar surface area (TPSA) is 61.8 Å². The molecule has 180 valence electrons. The zero-order valence-electron chi connectivity index (χ0n) is 19.5. The molecule has 0 saturated carbocycles. The predicted molar refractivity (Wildman–Crippen MR) is 142 cm³/mol. The maximum atomic E-state index is 14.7. The van der Waals surface area contributed by atoms with E-state index in [4.69, 9.17) is 11.6 Å². The molecular formula is C26H31F2N5S. The molecule has 0 bridgehead atoms. The summed E-state index contributed by atoms with van der Waals surface area (Å²) in [4.78, 5) is 2.41. The van der Waals surface area contributed by atoms with E-state index in [0.29, 0.717) is 11.7 Å². The van der Waals surface area contributed by atoms with Crippen LogP contribution in [0, 0.1) is 18.6 Å². The lowest BCUT2D eigenvalue weighted by atomic mass is 10.0. The number of rotatable bonds is 6. The van der Waals surface area contributed by atoms with Crippen LogP contribution in [0.3, 0.4) is 0 Å². The molecular weight excluding hydrogens is 452 g/mol. The quantitative estimate of drug-likeness (QED) is 0.227. The van der Waals surface area contributed by atoms with Crippen molar-refractivity contribution < 1.29 is 8.78 Å². The number of nitrogens with two attached hydrogens (primary N) is 2. The monoisotopic (exact) mass is 483 g/mol. The van der Waals surface area contributed by atoms with Crippen molar-refractivity contribution >= 4 is 39.3 Å². The Bertz CT molecular complexity index is 1170. The molecule has 1 aliphatic heterocycles. The SMILES string of the molecule is C=S(C)N1CCN(c2ccc(N(N)c3c(N)cc(F)c(C)c3F)cc2)C(Cc2ccccc2)C1. The van der Waals surface area contributed by atoms with Gasteiger partial charge in [-0.15, -0.1) is 10.7 Å². The molecule has 5 nitrogen and oxygen atoms in total. The van der Waals surface area contributed by atoms with E-state index in [2.05, 4.69) is 45.6 Å². The highest BCUT2D eigenvalue weighted by Gasteiger charge is 2.28. The summed E-state index contributed by atoms with van der Waals surface area (Å²) in [6.07, 6.45) is 3.08. The van der Waals surface area contributed by atoms with E-state index in [1.807, 2.05) is 30.3 Å². The summed E-state index contributed by atoms with van der Waals surface area (Å²) < 4.78 is 31.0. The van der Waals surface area contributed by atoms with E-state index in [0.717, 1.165) is 37.8 Å². The Morgan fingerprint density at radius 2 is 1.76 bits per heavy atom. The van der Waals surface area contributed by atoms with Gasteiger partial charge in [-0.3, -0.25) is 9.31 Å². The molecule has 0 radical (unpaired) electrons. The molecule has 34 heavy (non-hydrogen) atoms. The Labute approximate surface area is 202 Å². The second kappa shape index (κ2) is 10.1. The van der Waals surface area contributed by atoms with E-state index < -0.39 is 11.6 Å². The van der Waals surface area contributed by atoms with E-state index >= 15 is 0 Å². The summed E-state index contributed by atoms with van der Waals surface area (Å²) in [7, 11) is -0.0320. The van der Waals surface area contributed by atoms with Crippen molar-refractivity contribution in [3.05, 3.63) is 83.4 Å². The van der Waals surface area contributed by atoms with Crippen molar-refractivity contribution in [1.29, 1.82) is 0 Å². The molecule has 2 unspecified atom stereocenters. The summed E-state index contributed by atoms with van der Waals surface area (Å²) in [5, 5.41) is 1.17. The minimum atomic E-state index is -0.758. The summed E-state index contributed by atoms with van der Waals surface area (Å²) in [6, 6.07) is 19.5. The second-order valence-corrected chi connectivity index (χ2v) is 10.4. The Hall–Kier alpha value is -2.94. The fraction of sp³-hybridized carbons (Fsp3) is 0.269. The second-order valence-electron chi connectivity index (χ2n) is 8.65. The average molecular weight is 484 g/mol. The first-order valence-corrected chi connectivity index (χ1v) is 12.9. The number of nitrogens with zero attached hydrogens (tertiary/aromatic N) is 3. The van der Waals surface area contributed by atoms with Crippen LogP contribution in [0.1, 0.15) is 11.1 Å². The van der Waals surface area contributed by atoms with Gasteiger partial charge in [0.05, 0.1) is 11.4 Å². The Kier molecular flexibility index (Phi) is 7.21. The number of halogens is 2. The van der Waals surface area contributed by atoms with Crippen LogP contribution in [0.4, 0.5) is 31.5 Å². The van der Waals surface area contributed by atoms with Crippen molar-refractivity contribution in [2.75, 3.05) is 41.5 Å². The van der Waals surface area contributed by atoms with E-state index in [1.165, 1.54) is 17.5 Å². The molecule has 1 saturated heterocycles. The molecule has 3 aromatic carbocycles. The minimum Gasteiger partial charge on any atom is -0.397 e. The van der Waals surface area contributed by atoms with Gasteiger partial charge in [0, 0.05) is 36.9 Å². The lowest BCUT2D eigenvalue weighted by Gasteiger charge is -2.43. The van der Waals surface area contributed by atoms with Gasteiger partial charge in [-0.25, -0.2) is 14.6 Å². The number of benzene rings is 3. The molecule has 3 aromatic rings. The molecule has 1 heterocycles. The summed E-state index contributed by atoms with van der Waals surface area (Å²) in [5.41, 5.74) is 8.62. The van der Waals surface area contributed by atoms with Gasteiger partial charge in [0.25, 0.3) is 0 Å². The van der Waals surface area contributed by atoms with Crippen LogP contribution in [-0.4, -0.2) is 42.1 Å². The minimum absolute atomic E-state index is 0.0320. The Morgan fingerprint density at radius 3 is 2.41 bits per heavy atom. The number of piperazine rings is 1. The van der Waals surface area contributed by atoms with Crippen LogP contribution >= 0.6 is 10.7 Å². The standard InChI is InChI=1S/C26H31F2N5S/c1-18-23(27)16-24(29)26(25(18)28)33(30)21-11-9-20(10-12-21)32-14-13-31(34(2)3)17-22(32)15-19-7-5-4-6-8-19/h4-12,16,22H,2,13-15,17,29-30H2,1,3H3. The highest BCUT2D eigenvalue weighted by Crippen LogP contribution is 2.35. The van der Waals surface area contributed by atoms with Crippen molar-refractivity contribution in [3.8, 4) is 0 Å². The molecule has 4 rings (SSSR count). The van der Waals surface area contributed by atoms with Crippen molar-refractivity contribution in [2.24, 2.45) is 5.84 Å². The zero-order chi connectivity index (χ0) is 24.4. The third-order valence-electron chi connectivity index (χ3n) is 6.35. The molecule has 0 aromatic heterocycles. The van der Waals surface area contributed by atoms with E-state index in [1.54, 1.807) is 0 Å². The van der Waals surface area contributed by atoms with Crippen molar-refractivity contribution in [3.63, 3.8) is 0 Å². The highest BCUT2D eigenvalue weighted by atomic mass is 32.2.